The molecule has 1 aromatic heterocycles. The molecule has 10 heteroatoms. The summed E-state index contributed by atoms with van der Waals surface area (Å²) in [4.78, 5) is 19.0. The lowest BCUT2D eigenvalue weighted by Crippen LogP contribution is -2.33. The van der Waals surface area contributed by atoms with Crippen LogP contribution in [-0.2, 0) is 4.79 Å². The normalized spacial score (nSPS) is 21.0. The van der Waals surface area contributed by atoms with Gasteiger partial charge in [0.05, 0.1) is 11.0 Å². The topological polar surface area (TPSA) is 68.6 Å². The standard InChI is InChI=1S/C29H35F3N4O3/c1-18-13-21(16-28(2,3)15-18)36-25-12-11-23(38-17-26(37)35(4)20-7-8-20)14-24(25)34-27(36)33-19-5-9-22(10-6-19)39-29(30,31)32/h5-6,9-12,14,18,20-21H,7-8,13,15-17H2,1-4H3,(H,33,34)/t18-,21+/m1/s1. The Hall–Kier alpha value is -3.43. The molecule has 0 radical (unpaired) electrons. The highest BCUT2D eigenvalue weighted by Gasteiger charge is 2.35. The first-order valence-electron chi connectivity index (χ1n) is 13.4. The predicted molar refractivity (Wildman–Crippen MR) is 143 cm³/mol. The molecule has 1 N–H and O–H groups in total. The number of amides is 1. The average molecular weight is 545 g/mol. The van der Waals surface area contributed by atoms with Gasteiger partial charge in [-0.2, -0.15) is 0 Å². The predicted octanol–water partition coefficient (Wildman–Crippen LogP) is 7.07. The molecule has 0 unspecified atom stereocenters. The van der Waals surface area contributed by atoms with Gasteiger partial charge in [-0.15, -0.1) is 13.2 Å². The molecule has 0 bridgehead atoms. The van der Waals surface area contributed by atoms with Gasteiger partial charge in [-0.1, -0.05) is 20.8 Å². The van der Waals surface area contributed by atoms with Gasteiger partial charge in [0.1, 0.15) is 11.5 Å². The Labute approximate surface area is 226 Å². The summed E-state index contributed by atoms with van der Waals surface area (Å²) in [5.41, 5.74) is 2.39. The van der Waals surface area contributed by atoms with Gasteiger partial charge in [0.15, 0.2) is 6.61 Å². The molecular formula is C29H35F3N4O3. The Morgan fingerprint density at radius 1 is 1.13 bits per heavy atom. The Morgan fingerprint density at radius 2 is 1.82 bits per heavy atom. The fourth-order valence-electron chi connectivity index (χ4n) is 5.90. The van der Waals surface area contributed by atoms with Crippen molar-refractivity contribution >= 4 is 28.6 Å². The summed E-state index contributed by atoms with van der Waals surface area (Å²) in [6, 6.07) is 11.8. The minimum atomic E-state index is -4.74. The van der Waals surface area contributed by atoms with Crippen molar-refractivity contribution in [3.8, 4) is 11.5 Å². The van der Waals surface area contributed by atoms with E-state index in [1.807, 2.05) is 18.2 Å². The summed E-state index contributed by atoms with van der Waals surface area (Å²) in [5.74, 6) is 1.35. The van der Waals surface area contributed by atoms with E-state index in [4.69, 9.17) is 9.72 Å². The van der Waals surface area contributed by atoms with Crippen molar-refractivity contribution in [3.05, 3.63) is 42.5 Å². The number of anilines is 2. The molecule has 0 spiro atoms. The van der Waals surface area contributed by atoms with Gasteiger partial charge in [-0.25, -0.2) is 4.98 Å². The van der Waals surface area contributed by atoms with Crippen LogP contribution in [0.1, 0.15) is 58.9 Å². The molecule has 2 aliphatic carbocycles. The van der Waals surface area contributed by atoms with Crippen LogP contribution in [0.3, 0.4) is 0 Å². The molecule has 2 atom stereocenters. The maximum Gasteiger partial charge on any atom is 0.573 e. The van der Waals surface area contributed by atoms with E-state index in [2.05, 4.69) is 35.4 Å². The molecule has 210 valence electrons. The highest BCUT2D eigenvalue weighted by Crippen LogP contribution is 2.46. The molecule has 2 aliphatic rings. The highest BCUT2D eigenvalue weighted by molar-refractivity contribution is 5.82. The molecular weight excluding hydrogens is 509 g/mol. The molecule has 3 aromatic rings. The van der Waals surface area contributed by atoms with Crippen molar-refractivity contribution in [2.75, 3.05) is 19.0 Å². The minimum Gasteiger partial charge on any atom is -0.484 e. The van der Waals surface area contributed by atoms with Crippen molar-refractivity contribution < 1.29 is 27.4 Å². The number of hydrogen-bond donors (Lipinski definition) is 1. The number of alkyl halides is 3. The third-order valence-electron chi connectivity index (χ3n) is 7.58. The molecule has 7 nitrogen and oxygen atoms in total. The van der Waals surface area contributed by atoms with Crippen molar-refractivity contribution in [3.63, 3.8) is 0 Å². The van der Waals surface area contributed by atoms with Gasteiger partial charge in [0, 0.05) is 30.9 Å². The van der Waals surface area contributed by atoms with E-state index in [0.717, 1.165) is 37.6 Å². The lowest BCUT2D eigenvalue weighted by molar-refractivity contribution is -0.274. The Bertz CT molecular complexity index is 1330. The van der Waals surface area contributed by atoms with Crippen LogP contribution in [0.25, 0.3) is 11.0 Å². The minimum absolute atomic E-state index is 0.0367. The number of fused-ring (bicyclic) bond motifs is 1. The first-order valence-corrected chi connectivity index (χ1v) is 13.4. The summed E-state index contributed by atoms with van der Waals surface area (Å²) in [5, 5.41) is 3.31. The van der Waals surface area contributed by atoms with Crippen LogP contribution in [0.4, 0.5) is 24.8 Å². The number of hydrogen-bond acceptors (Lipinski definition) is 5. The number of ether oxygens (including phenoxy) is 2. The van der Waals surface area contributed by atoms with Crippen molar-refractivity contribution in [2.24, 2.45) is 11.3 Å². The van der Waals surface area contributed by atoms with Crippen LogP contribution in [0.2, 0.25) is 0 Å². The molecule has 5 rings (SSSR count). The zero-order valence-corrected chi connectivity index (χ0v) is 22.7. The smallest absolute Gasteiger partial charge is 0.484 e. The number of nitrogens with zero attached hydrogens (tertiary/aromatic N) is 3. The third kappa shape index (κ3) is 6.59. The SMILES string of the molecule is C[C@@H]1C[C@H](n2c(Nc3ccc(OC(F)(F)F)cc3)nc3cc(OCC(=O)N(C)C4CC4)ccc32)CC(C)(C)C1. The van der Waals surface area contributed by atoms with Gasteiger partial charge >= 0.3 is 6.36 Å². The zero-order chi connectivity index (χ0) is 27.9. The lowest BCUT2D eigenvalue weighted by Gasteiger charge is -2.40. The molecule has 2 aromatic carbocycles. The number of halogens is 3. The number of nitrogens with one attached hydrogen (secondary N) is 1. The van der Waals surface area contributed by atoms with Crippen molar-refractivity contribution in [2.45, 2.75) is 71.3 Å². The average Bonchev–Trinajstić information content (AvgIpc) is 3.62. The van der Waals surface area contributed by atoms with E-state index >= 15 is 0 Å². The molecule has 0 aliphatic heterocycles. The van der Waals surface area contributed by atoms with Gasteiger partial charge < -0.3 is 24.3 Å². The number of carbonyl (C=O) groups is 1. The van der Waals surface area contributed by atoms with E-state index in [1.54, 1.807) is 11.9 Å². The molecule has 2 fully saturated rings. The second kappa shape index (κ2) is 10.3. The number of benzene rings is 2. The fraction of sp³-hybridized carbons (Fsp3) is 0.517. The number of imidazole rings is 1. The largest absolute Gasteiger partial charge is 0.573 e. The van der Waals surface area contributed by atoms with E-state index in [0.29, 0.717) is 34.9 Å². The summed E-state index contributed by atoms with van der Waals surface area (Å²) in [6.07, 6.45) is 0.427. The van der Waals surface area contributed by atoms with E-state index in [9.17, 15) is 18.0 Å². The summed E-state index contributed by atoms with van der Waals surface area (Å²) in [7, 11) is 1.81. The van der Waals surface area contributed by atoms with Gasteiger partial charge in [0.25, 0.3) is 5.91 Å². The van der Waals surface area contributed by atoms with Crippen LogP contribution in [0.15, 0.2) is 42.5 Å². The number of carbonyl (C=O) groups excluding carboxylic acids is 1. The Kier molecular flexibility index (Phi) is 7.15. The van der Waals surface area contributed by atoms with Crippen LogP contribution in [0, 0.1) is 11.3 Å². The zero-order valence-electron chi connectivity index (χ0n) is 22.7. The maximum absolute atomic E-state index is 12.6. The van der Waals surface area contributed by atoms with Crippen LogP contribution in [0.5, 0.6) is 11.5 Å². The number of likely N-dealkylation sites (N-methyl/N-ethyl adjacent to an activating group) is 1. The van der Waals surface area contributed by atoms with Crippen LogP contribution in [-0.4, -0.2) is 46.4 Å². The first kappa shape index (κ1) is 27.1. The van der Waals surface area contributed by atoms with Gasteiger partial charge in [-0.3, -0.25) is 4.79 Å². The summed E-state index contributed by atoms with van der Waals surface area (Å²) >= 11 is 0. The summed E-state index contributed by atoms with van der Waals surface area (Å²) < 4.78 is 49.8. The third-order valence-corrected chi connectivity index (χ3v) is 7.58. The molecule has 1 amide bonds. The molecule has 2 saturated carbocycles. The Balaban J connectivity index is 1.43. The summed E-state index contributed by atoms with van der Waals surface area (Å²) in [6.45, 7) is 6.79. The quantitative estimate of drug-likeness (QED) is 0.329. The maximum atomic E-state index is 12.6. The van der Waals surface area contributed by atoms with Gasteiger partial charge in [0.2, 0.25) is 5.95 Å². The molecule has 39 heavy (non-hydrogen) atoms. The highest BCUT2D eigenvalue weighted by atomic mass is 19.4. The van der Waals surface area contributed by atoms with E-state index < -0.39 is 6.36 Å². The van der Waals surface area contributed by atoms with E-state index in [-0.39, 0.29) is 29.7 Å². The fourth-order valence-corrected chi connectivity index (χ4v) is 5.90. The molecule has 1 heterocycles. The lowest BCUT2D eigenvalue weighted by atomic mass is 9.70. The monoisotopic (exact) mass is 544 g/mol. The second-order valence-electron chi connectivity index (χ2n) is 11.7. The van der Waals surface area contributed by atoms with Crippen LogP contribution < -0.4 is 14.8 Å². The van der Waals surface area contributed by atoms with Gasteiger partial charge in [-0.05, 0) is 79.8 Å². The number of aromatic nitrogens is 2. The molecule has 0 saturated heterocycles. The van der Waals surface area contributed by atoms with E-state index in [1.165, 1.54) is 24.3 Å². The van der Waals surface area contributed by atoms with Crippen molar-refractivity contribution in [1.29, 1.82) is 0 Å². The van der Waals surface area contributed by atoms with Crippen LogP contribution >= 0.6 is 0 Å². The van der Waals surface area contributed by atoms with Crippen molar-refractivity contribution in [1.82, 2.24) is 14.5 Å². The second-order valence-corrected chi connectivity index (χ2v) is 11.7. The first-order chi connectivity index (χ1) is 18.4. The Morgan fingerprint density at radius 3 is 2.46 bits per heavy atom. The number of rotatable bonds is 8.